The van der Waals surface area contributed by atoms with Gasteiger partial charge in [-0.3, -0.25) is 14.0 Å². The molecule has 102 valence electrons. The van der Waals surface area contributed by atoms with Crippen LogP contribution in [0.15, 0.2) is 16.4 Å². The van der Waals surface area contributed by atoms with Crippen LogP contribution in [0.1, 0.15) is 42.7 Å². The molecule has 0 bridgehead atoms. The summed E-state index contributed by atoms with van der Waals surface area (Å²) in [6.07, 6.45) is 3.24. The van der Waals surface area contributed by atoms with Crippen LogP contribution in [0.5, 0.6) is 0 Å². The summed E-state index contributed by atoms with van der Waals surface area (Å²) >= 11 is 1.39. The van der Waals surface area contributed by atoms with E-state index >= 15 is 0 Å². The van der Waals surface area contributed by atoms with E-state index in [1.807, 2.05) is 19.2 Å². The Morgan fingerprint density at radius 3 is 3.00 bits per heavy atom. The fourth-order valence-corrected chi connectivity index (χ4v) is 2.81. The van der Waals surface area contributed by atoms with Crippen LogP contribution in [0.25, 0.3) is 4.96 Å². The van der Waals surface area contributed by atoms with Gasteiger partial charge in [0.1, 0.15) is 5.56 Å². The lowest BCUT2D eigenvalue weighted by Crippen LogP contribution is -2.36. The molecule has 2 heterocycles. The summed E-state index contributed by atoms with van der Waals surface area (Å²) in [4.78, 5) is 29.1. The highest BCUT2D eigenvalue weighted by Crippen LogP contribution is 2.11. The van der Waals surface area contributed by atoms with Gasteiger partial charge in [-0.15, -0.1) is 11.3 Å². The summed E-state index contributed by atoms with van der Waals surface area (Å²) in [5.41, 5.74) is 0.598. The van der Waals surface area contributed by atoms with Gasteiger partial charge in [-0.1, -0.05) is 13.3 Å². The number of carbonyl (C=O) groups is 1. The Morgan fingerprint density at radius 2 is 2.32 bits per heavy atom. The molecule has 0 aliphatic carbocycles. The number of rotatable bonds is 4. The topological polar surface area (TPSA) is 63.5 Å². The minimum atomic E-state index is -0.349. The smallest absolute Gasteiger partial charge is 0.271 e. The van der Waals surface area contributed by atoms with Crippen LogP contribution in [0, 0.1) is 6.92 Å². The van der Waals surface area contributed by atoms with Crippen molar-refractivity contribution < 1.29 is 4.79 Å². The molecule has 0 radical (unpaired) electrons. The van der Waals surface area contributed by atoms with Crippen molar-refractivity contribution in [1.29, 1.82) is 0 Å². The zero-order valence-electron chi connectivity index (χ0n) is 11.3. The Hall–Kier alpha value is -1.69. The monoisotopic (exact) mass is 279 g/mol. The Kier molecular flexibility index (Phi) is 3.99. The van der Waals surface area contributed by atoms with Crippen molar-refractivity contribution in [2.45, 2.75) is 39.7 Å². The van der Waals surface area contributed by atoms with Crippen LogP contribution in [0.2, 0.25) is 0 Å². The summed E-state index contributed by atoms with van der Waals surface area (Å²) in [6, 6.07) is 0.0566. The van der Waals surface area contributed by atoms with Crippen molar-refractivity contribution in [1.82, 2.24) is 14.7 Å². The summed E-state index contributed by atoms with van der Waals surface area (Å²) in [7, 11) is 0. The predicted molar refractivity (Wildman–Crippen MR) is 75.9 cm³/mol. The Labute approximate surface area is 115 Å². The fourth-order valence-electron chi connectivity index (χ4n) is 1.99. The average Bonchev–Trinajstić information content (AvgIpc) is 2.72. The summed E-state index contributed by atoms with van der Waals surface area (Å²) in [5.74, 6) is -0.349. The first-order valence-corrected chi connectivity index (χ1v) is 7.19. The first kappa shape index (κ1) is 13.7. The first-order chi connectivity index (χ1) is 9.04. The zero-order chi connectivity index (χ0) is 14.0. The van der Waals surface area contributed by atoms with Crippen LogP contribution in [0.4, 0.5) is 0 Å². The zero-order valence-corrected chi connectivity index (χ0v) is 12.1. The van der Waals surface area contributed by atoms with Crippen molar-refractivity contribution in [3.05, 3.63) is 33.2 Å². The molecular weight excluding hydrogens is 262 g/mol. The van der Waals surface area contributed by atoms with E-state index < -0.39 is 0 Å². The molecule has 0 aromatic carbocycles. The number of carbonyl (C=O) groups excluding carboxylic acids is 1. The molecule has 19 heavy (non-hydrogen) atoms. The van der Waals surface area contributed by atoms with E-state index in [-0.39, 0.29) is 23.1 Å². The third kappa shape index (κ3) is 2.68. The Bertz CT molecular complexity index is 659. The largest absolute Gasteiger partial charge is 0.349 e. The molecule has 0 saturated carbocycles. The van der Waals surface area contributed by atoms with Crippen LogP contribution < -0.4 is 10.9 Å². The predicted octanol–water partition coefficient (Wildman–Crippen LogP) is 1.98. The number of nitrogens with one attached hydrogen (secondary N) is 1. The average molecular weight is 279 g/mol. The maximum Gasteiger partial charge on any atom is 0.271 e. The van der Waals surface area contributed by atoms with E-state index in [9.17, 15) is 9.59 Å². The van der Waals surface area contributed by atoms with Gasteiger partial charge < -0.3 is 5.32 Å². The number of aryl methyl sites for hydroxylation is 1. The van der Waals surface area contributed by atoms with E-state index in [2.05, 4.69) is 17.2 Å². The SMILES string of the molecule is CCCC(C)NC(=O)c1cnc2scc(C)n2c1=O. The molecule has 1 N–H and O–H groups in total. The molecule has 0 aliphatic heterocycles. The summed E-state index contributed by atoms with van der Waals surface area (Å²) in [5, 5.41) is 4.68. The normalized spacial score (nSPS) is 12.6. The quantitative estimate of drug-likeness (QED) is 0.930. The number of thiazole rings is 1. The highest BCUT2D eigenvalue weighted by molar-refractivity contribution is 7.15. The van der Waals surface area contributed by atoms with Crippen LogP contribution in [0.3, 0.4) is 0 Å². The molecule has 6 heteroatoms. The number of hydrogen-bond donors (Lipinski definition) is 1. The van der Waals surface area contributed by atoms with Gasteiger partial charge in [0.25, 0.3) is 11.5 Å². The van der Waals surface area contributed by atoms with Crippen molar-refractivity contribution in [3.63, 3.8) is 0 Å². The van der Waals surface area contributed by atoms with Crippen LogP contribution in [-0.4, -0.2) is 21.3 Å². The second-order valence-electron chi connectivity index (χ2n) is 4.64. The highest BCUT2D eigenvalue weighted by Gasteiger charge is 2.16. The second-order valence-corrected chi connectivity index (χ2v) is 5.47. The van der Waals surface area contributed by atoms with Crippen LogP contribution in [-0.2, 0) is 0 Å². The fraction of sp³-hybridized carbons (Fsp3) is 0.462. The molecule has 2 rings (SSSR count). The lowest BCUT2D eigenvalue weighted by atomic mass is 10.2. The van der Waals surface area contributed by atoms with Crippen molar-refractivity contribution in [2.75, 3.05) is 0 Å². The van der Waals surface area contributed by atoms with Crippen molar-refractivity contribution in [3.8, 4) is 0 Å². The molecule has 0 saturated heterocycles. The van der Waals surface area contributed by atoms with Gasteiger partial charge >= 0.3 is 0 Å². The molecule has 5 nitrogen and oxygen atoms in total. The number of nitrogens with zero attached hydrogens (tertiary/aromatic N) is 2. The van der Waals surface area contributed by atoms with E-state index in [0.29, 0.717) is 4.96 Å². The summed E-state index contributed by atoms with van der Waals surface area (Å²) in [6.45, 7) is 5.81. The molecule has 0 aliphatic rings. The number of aromatic nitrogens is 2. The van der Waals surface area contributed by atoms with Gasteiger partial charge in [-0.25, -0.2) is 4.98 Å². The van der Waals surface area contributed by atoms with Gasteiger partial charge in [0, 0.05) is 23.3 Å². The van der Waals surface area contributed by atoms with Gasteiger partial charge in [-0.05, 0) is 20.3 Å². The third-order valence-corrected chi connectivity index (χ3v) is 3.92. The minimum Gasteiger partial charge on any atom is -0.349 e. The Balaban J connectivity index is 2.35. The minimum absolute atomic E-state index is 0.0566. The highest BCUT2D eigenvalue weighted by atomic mass is 32.1. The lowest BCUT2D eigenvalue weighted by Gasteiger charge is -2.12. The lowest BCUT2D eigenvalue weighted by molar-refractivity contribution is 0.0936. The molecule has 2 aromatic rings. The maximum absolute atomic E-state index is 12.3. The molecule has 2 aromatic heterocycles. The molecule has 0 fully saturated rings. The first-order valence-electron chi connectivity index (χ1n) is 6.31. The molecule has 1 unspecified atom stereocenters. The van der Waals surface area contributed by atoms with E-state index in [4.69, 9.17) is 0 Å². The van der Waals surface area contributed by atoms with Gasteiger partial charge in [0.2, 0.25) is 0 Å². The van der Waals surface area contributed by atoms with Crippen molar-refractivity contribution in [2.24, 2.45) is 0 Å². The maximum atomic E-state index is 12.3. The second kappa shape index (κ2) is 5.52. The summed E-state index contributed by atoms with van der Waals surface area (Å²) < 4.78 is 1.48. The van der Waals surface area contributed by atoms with Crippen molar-refractivity contribution >= 4 is 22.2 Å². The van der Waals surface area contributed by atoms with Crippen LogP contribution >= 0.6 is 11.3 Å². The molecule has 0 spiro atoms. The van der Waals surface area contributed by atoms with E-state index in [1.54, 1.807) is 0 Å². The van der Waals surface area contributed by atoms with Gasteiger partial charge in [0.05, 0.1) is 0 Å². The number of amides is 1. The molecule has 1 atom stereocenters. The standard InChI is InChI=1S/C13H17N3O2S/c1-4-5-8(2)15-11(17)10-6-14-13-16(12(10)18)9(3)7-19-13/h6-8H,4-5H2,1-3H3,(H,15,17). The van der Waals surface area contributed by atoms with Gasteiger partial charge in [0.15, 0.2) is 4.96 Å². The third-order valence-electron chi connectivity index (χ3n) is 2.96. The van der Waals surface area contributed by atoms with Gasteiger partial charge in [-0.2, -0.15) is 0 Å². The number of fused-ring (bicyclic) bond motifs is 1. The number of hydrogen-bond acceptors (Lipinski definition) is 4. The Morgan fingerprint density at radius 1 is 1.58 bits per heavy atom. The van der Waals surface area contributed by atoms with E-state index in [0.717, 1.165) is 18.5 Å². The molecular formula is C13H17N3O2S. The molecule has 1 amide bonds. The van der Waals surface area contributed by atoms with E-state index in [1.165, 1.54) is 21.9 Å².